The molecule has 12 nitrogen and oxygen atoms in total. The van der Waals surface area contributed by atoms with E-state index in [4.69, 9.17) is 30.0 Å². The van der Waals surface area contributed by atoms with Crippen molar-refractivity contribution in [1.82, 2.24) is 14.6 Å². The van der Waals surface area contributed by atoms with E-state index in [1.165, 1.54) is 103 Å². The van der Waals surface area contributed by atoms with Crippen LogP contribution in [0.1, 0.15) is 159 Å². The Morgan fingerprint density at radius 1 is 0.962 bits per heavy atom. The van der Waals surface area contributed by atoms with Crippen molar-refractivity contribution in [3.63, 3.8) is 0 Å². The van der Waals surface area contributed by atoms with E-state index in [1.54, 1.807) is 28.8 Å². The summed E-state index contributed by atoms with van der Waals surface area (Å²) in [7, 11) is -4.50. The van der Waals surface area contributed by atoms with Crippen molar-refractivity contribution < 1.29 is 28.0 Å². The number of hydrogen-bond donors (Lipinski definition) is 3. The molecule has 13 heteroatoms. The molecule has 0 radical (unpaired) electrons. The van der Waals surface area contributed by atoms with E-state index in [0.717, 1.165) is 25.0 Å². The van der Waals surface area contributed by atoms with Crippen LogP contribution in [0.3, 0.4) is 0 Å². The first-order chi connectivity index (χ1) is 25.7. The summed E-state index contributed by atoms with van der Waals surface area (Å²) in [5.74, 6) is 0.857. The summed E-state index contributed by atoms with van der Waals surface area (Å²) >= 11 is 0. The zero-order chi connectivity index (χ0) is 37.8. The molecule has 0 amide bonds. The highest BCUT2D eigenvalue weighted by Crippen LogP contribution is 2.46. The van der Waals surface area contributed by atoms with Crippen molar-refractivity contribution in [2.24, 2.45) is 5.73 Å². The van der Waals surface area contributed by atoms with E-state index in [2.05, 4.69) is 23.1 Å². The number of hydrogen-bond acceptors (Lipinski definition) is 10. The van der Waals surface area contributed by atoms with Gasteiger partial charge in [-0.25, -0.2) is 14.1 Å². The Labute approximate surface area is 316 Å². The summed E-state index contributed by atoms with van der Waals surface area (Å²) in [5.41, 5.74) is 13.0. The lowest BCUT2D eigenvalue weighted by molar-refractivity contribution is -0.0725. The van der Waals surface area contributed by atoms with Gasteiger partial charge in [-0.05, 0) is 56.0 Å². The monoisotopic (exact) mass is 754 g/mol. The SMILES string of the molecule is CCCCCCCCCCCCCCCCCCCC[C@H](COP(=O)(O)OC[C@]1(N)CC[C@H](c2ccc3c(N)ncnn23)O1)Oc1cccc(C#N)c1. The van der Waals surface area contributed by atoms with E-state index in [9.17, 15) is 14.7 Å². The van der Waals surface area contributed by atoms with Crippen LogP contribution in [0.4, 0.5) is 5.82 Å². The van der Waals surface area contributed by atoms with Crippen molar-refractivity contribution in [2.45, 2.75) is 160 Å². The first-order valence-corrected chi connectivity index (χ1v) is 21.5. The molecule has 4 atom stereocenters. The number of fused-ring (bicyclic) bond motifs is 1. The number of nitriles is 1. The normalized spacial score (nSPS) is 18.9. The van der Waals surface area contributed by atoms with Gasteiger partial charge in [-0.2, -0.15) is 10.4 Å². The lowest BCUT2D eigenvalue weighted by Crippen LogP contribution is -2.43. The Morgan fingerprint density at radius 2 is 1.58 bits per heavy atom. The molecule has 1 unspecified atom stereocenters. The van der Waals surface area contributed by atoms with Gasteiger partial charge in [0.15, 0.2) is 5.82 Å². The topological polar surface area (TPSA) is 180 Å². The van der Waals surface area contributed by atoms with E-state index in [1.807, 2.05) is 12.1 Å². The van der Waals surface area contributed by atoms with Crippen LogP contribution >= 0.6 is 7.82 Å². The van der Waals surface area contributed by atoms with Crippen LogP contribution < -0.4 is 16.2 Å². The number of anilines is 1. The number of ether oxygens (including phenoxy) is 2. The molecule has 3 aromatic rings. The zero-order valence-corrected chi connectivity index (χ0v) is 32.7. The Morgan fingerprint density at radius 3 is 2.21 bits per heavy atom. The fourth-order valence-electron chi connectivity index (χ4n) is 6.99. The summed E-state index contributed by atoms with van der Waals surface area (Å²) in [5, 5.41) is 13.6. The maximum atomic E-state index is 13.0. The summed E-state index contributed by atoms with van der Waals surface area (Å²) in [6.45, 7) is 1.77. The standard InChI is InChI=1S/C40H63N6O6P/c1-2-3-4-5-6-7-8-9-10-11-12-13-14-15-16-17-18-19-22-35(51-34-23-20-21-33(28-34)29-41)30-49-53(47,48)50-31-40(43)27-26-38(52-40)36-24-25-37-39(42)44-32-45-46(36)37/h20-21,23-25,28,32,35,38H,2-19,22,26-27,30-31,43H2,1H3,(H,47,48)(H2,42,44,45)/t35-,38-,40+/m1/s1. The third kappa shape index (κ3) is 15.3. The third-order valence-corrected chi connectivity index (χ3v) is 11.0. The first-order valence-electron chi connectivity index (χ1n) is 20.1. The number of aromatic nitrogens is 3. The second kappa shape index (κ2) is 23.0. The van der Waals surface area contributed by atoms with E-state index >= 15 is 0 Å². The molecule has 0 bridgehead atoms. The van der Waals surface area contributed by atoms with Gasteiger partial charge in [-0.3, -0.25) is 9.05 Å². The summed E-state index contributed by atoms with van der Waals surface area (Å²) in [6.07, 6.45) is 25.4. The smallest absolute Gasteiger partial charge is 0.472 e. The summed E-state index contributed by atoms with van der Waals surface area (Å²) in [4.78, 5) is 14.6. The Hall–Kier alpha value is -3.04. The molecule has 4 rings (SSSR count). The van der Waals surface area contributed by atoms with Gasteiger partial charge in [0.05, 0.1) is 23.9 Å². The zero-order valence-electron chi connectivity index (χ0n) is 31.8. The highest BCUT2D eigenvalue weighted by atomic mass is 31.2. The molecule has 1 aromatic carbocycles. The molecule has 0 saturated carbocycles. The van der Waals surface area contributed by atoms with Crippen molar-refractivity contribution in [2.75, 3.05) is 18.9 Å². The largest absolute Gasteiger partial charge is 0.488 e. The Bertz CT molecular complexity index is 1580. The van der Waals surface area contributed by atoms with Crippen LogP contribution in [0.15, 0.2) is 42.7 Å². The molecule has 53 heavy (non-hydrogen) atoms. The molecule has 2 aromatic heterocycles. The molecule has 1 aliphatic heterocycles. The number of phosphoric acid groups is 1. The molecule has 1 fully saturated rings. The maximum Gasteiger partial charge on any atom is 0.472 e. The molecule has 294 valence electrons. The summed E-state index contributed by atoms with van der Waals surface area (Å²) in [6, 6.07) is 12.6. The number of nitrogen functional groups attached to an aromatic ring is 1. The van der Waals surface area contributed by atoms with Crippen molar-refractivity contribution in [3.8, 4) is 11.8 Å². The van der Waals surface area contributed by atoms with E-state index in [-0.39, 0.29) is 13.2 Å². The van der Waals surface area contributed by atoms with Crippen molar-refractivity contribution >= 4 is 19.2 Å². The predicted molar refractivity (Wildman–Crippen MR) is 208 cm³/mol. The number of unbranched alkanes of at least 4 members (excludes halogenated alkanes) is 17. The molecule has 1 saturated heterocycles. The van der Waals surface area contributed by atoms with Crippen molar-refractivity contribution in [1.29, 1.82) is 5.26 Å². The fraction of sp³-hybridized carbons (Fsp3) is 0.675. The lowest BCUT2D eigenvalue weighted by atomic mass is 10.0. The number of nitrogens with two attached hydrogens (primary N) is 2. The number of phosphoric ester groups is 1. The predicted octanol–water partition coefficient (Wildman–Crippen LogP) is 9.70. The second-order valence-electron chi connectivity index (χ2n) is 14.6. The van der Waals surface area contributed by atoms with Crippen LogP contribution in [0.2, 0.25) is 0 Å². The Balaban J connectivity index is 1.13. The highest BCUT2D eigenvalue weighted by molar-refractivity contribution is 7.47. The molecule has 1 aliphatic rings. The van der Waals surface area contributed by atoms with Crippen LogP contribution in [-0.2, 0) is 18.3 Å². The average molecular weight is 755 g/mol. The lowest BCUT2D eigenvalue weighted by Gasteiger charge is -2.26. The van der Waals surface area contributed by atoms with Crippen LogP contribution in [-0.4, -0.2) is 44.5 Å². The minimum atomic E-state index is -4.50. The van der Waals surface area contributed by atoms with Gasteiger partial charge >= 0.3 is 7.82 Å². The molecule has 0 spiro atoms. The summed E-state index contributed by atoms with van der Waals surface area (Å²) < 4.78 is 37.7. The Kier molecular flexibility index (Phi) is 18.5. The first kappa shape index (κ1) is 42.7. The molecular weight excluding hydrogens is 691 g/mol. The van der Waals surface area contributed by atoms with Crippen LogP contribution in [0.5, 0.6) is 5.75 Å². The quantitative estimate of drug-likeness (QED) is 0.0474. The maximum absolute atomic E-state index is 13.0. The van der Waals surface area contributed by atoms with Crippen LogP contribution in [0.25, 0.3) is 5.52 Å². The minimum absolute atomic E-state index is 0.165. The molecule has 5 N–H and O–H groups in total. The highest BCUT2D eigenvalue weighted by Gasteiger charge is 2.41. The van der Waals surface area contributed by atoms with Gasteiger partial charge in [0.2, 0.25) is 0 Å². The van der Waals surface area contributed by atoms with E-state index < -0.39 is 25.8 Å². The van der Waals surface area contributed by atoms with Gasteiger partial charge in [-0.1, -0.05) is 122 Å². The van der Waals surface area contributed by atoms with Gasteiger partial charge in [0.1, 0.15) is 42.1 Å². The fourth-order valence-corrected chi connectivity index (χ4v) is 7.81. The van der Waals surface area contributed by atoms with Gasteiger partial charge < -0.3 is 25.8 Å². The molecular formula is C40H63N6O6P. The van der Waals surface area contributed by atoms with Gasteiger partial charge in [0, 0.05) is 0 Å². The van der Waals surface area contributed by atoms with Gasteiger partial charge in [-0.15, -0.1) is 0 Å². The second-order valence-corrected chi connectivity index (χ2v) is 16.1. The minimum Gasteiger partial charge on any atom is -0.488 e. The molecule has 3 heterocycles. The third-order valence-electron chi connectivity index (χ3n) is 10.1. The van der Waals surface area contributed by atoms with E-state index in [0.29, 0.717) is 41.9 Å². The number of benzene rings is 1. The van der Waals surface area contributed by atoms with Gasteiger partial charge in [0.25, 0.3) is 0 Å². The number of rotatable bonds is 28. The average Bonchev–Trinajstić information content (AvgIpc) is 3.77. The van der Waals surface area contributed by atoms with Crippen LogP contribution in [0, 0.1) is 11.3 Å². The van der Waals surface area contributed by atoms with Crippen molar-refractivity contribution in [3.05, 3.63) is 54.0 Å². The number of nitrogens with zero attached hydrogens (tertiary/aromatic N) is 4. The molecule has 0 aliphatic carbocycles.